The average molecular weight is 509 g/mol. The summed E-state index contributed by atoms with van der Waals surface area (Å²) in [7, 11) is 0. The summed E-state index contributed by atoms with van der Waals surface area (Å²) in [6, 6.07) is 28.3. The van der Waals surface area contributed by atoms with E-state index in [4.69, 9.17) is 9.47 Å². The van der Waals surface area contributed by atoms with Crippen LogP contribution in [0, 0.1) is 0 Å². The molecule has 4 aromatic rings. The summed E-state index contributed by atoms with van der Waals surface area (Å²) < 4.78 is 11.6. The zero-order valence-corrected chi connectivity index (χ0v) is 22.5. The number of carbonyl (C=O) groups excluding carboxylic acids is 1. The Morgan fingerprint density at radius 1 is 0.868 bits per heavy atom. The molecular weight excluding hydrogens is 472 g/mol. The Bertz CT molecular complexity index is 1400. The van der Waals surface area contributed by atoms with Crippen LogP contribution in [0.4, 0.5) is 5.69 Å². The molecule has 1 amide bonds. The van der Waals surface area contributed by atoms with Crippen molar-refractivity contribution in [2.75, 3.05) is 44.8 Å². The van der Waals surface area contributed by atoms with E-state index in [-0.39, 0.29) is 11.3 Å². The number of hydrogen-bond acceptors (Lipinski definition) is 4. The smallest absolute Gasteiger partial charge is 0.255 e. The predicted molar refractivity (Wildman–Crippen MR) is 155 cm³/mol. The zero-order chi connectivity index (χ0) is 26.5. The third-order valence-electron chi connectivity index (χ3n) is 7.11. The number of carbonyl (C=O) groups is 1. The van der Waals surface area contributed by atoms with E-state index in [0.717, 1.165) is 66.2 Å². The summed E-state index contributed by atoms with van der Waals surface area (Å²) >= 11 is 0. The lowest BCUT2D eigenvalue weighted by Gasteiger charge is -2.26. The molecule has 0 aliphatic carbocycles. The van der Waals surface area contributed by atoms with Gasteiger partial charge >= 0.3 is 0 Å². The Kier molecular flexibility index (Phi) is 7.77. The first-order valence-corrected chi connectivity index (χ1v) is 13.4. The van der Waals surface area contributed by atoms with Crippen molar-refractivity contribution >= 4 is 22.4 Å². The van der Waals surface area contributed by atoms with Crippen LogP contribution in [0.2, 0.25) is 0 Å². The number of ether oxygens (including phenoxy) is 2. The first-order chi connectivity index (χ1) is 18.4. The van der Waals surface area contributed by atoms with E-state index in [1.54, 1.807) is 0 Å². The van der Waals surface area contributed by atoms with Gasteiger partial charge in [-0.15, -0.1) is 0 Å². The number of amides is 1. The average Bonchev–Trinajstić information content (AvgIpc) is 2.94. The van der Waals surface area contributed by atoms with Gasteiger partial charge in [0.2, 0.25) is 0 Å². The first kappa shape index (κ1) is 26.0. The summed E-state index contributed by atoms with van der Waals surface area (Å²) in [5.74, 6) is 0.692. The maximum Gasteiger partial charge on any atom is 0.255 e. The highest BCUT2D eigenvalue weighted by molar-refractivity contribution is 6.10. The number of anilines is 1. The van der Waals surface area contributed by atoms with Gasteiger partial charge in [0, 0.05) is 41.7 Å². The van der Waals surface area contributed by atoms with E-state index in [1.807, 2.05) is 60.7 Å². The van der Waals surface area contributed by atoms with E-state index in [1.165, 1.54) is 5.56 Å². The summed E-state index contributed by atoms with van der Waals surface area (Å²) in [6.45, 7) is 11.6. The fraction of sp³-hybridized carbons (Fsp3) is 0.303. The lowest BCUT2D eigenvalue weighted by atomic mass is 9.86. The van der Waals surface area contributed by atoms with Crippen molar-refractivity contribution in [1.29, 1.82) is 0 Å². The number of fused-ring (bicyclic) bond motifs is 1. The summed E-state index contributed by atoms with van der Waals surface area (Å²) in [4.78, 5) is 15.7. The Hall–Kier alpha value is -3.67. The van der Waals surface area contributed by atoms with E-state index in [0.29, 0.717) is 12.2 Å². The van der Waals surface area contributed by atoms with Gasteiger partial charge in [-0.2, -0.15) is 0 Å². The van der Waals surface area contributed by atoms with Gasteiger partial charge in [0.05, 0.1) is 13.2 Å². The van der Waals surface area contributed by atoms with Gasteiger partial charge in [-0.3, -0.25) is 9.69 Å². The van der Waals surface area contributed by atoms with E-state index in [9.17, 15) is 4.79 Å². The second kappa shape index (κ2) is 11.4. The minimum absolute atomic E-state index is 0.104. The number of benzene rings is 4. The van der Waals surface area contributed by atoms with Crippen molar-refractivity contribution in [1.82, 2.24) is 4.90 Å². The van der Waals surface area contributed by atoms with Gasteiger partial charge in [0.25, 0.3) is 5.91 Å². The lowest BCUT2D eigenvalue weighted by Crippen LogP contribution is -2.38. The number of nitrogens with zero attached hydrogens (tertiary/aromatic N) is 1. The molecule has 1 heterocycles. The second-order valence-corrected chi connectivity index (χ2v) is 10.8. The molecule has 1 aliphatic rings. The molecule has 0 bridgehead atoms. The molecule has 4 aromatic carbocycles. The van der Waals surface area contributed by atoms with Gasteiger partial charge in [-0.25, -0.2) is 0 Å². The van der Waals surface area contributed by atoms with Gasteiger partial charge in [0.15, 0.2) is 0 Å². The summed E-state index contributed by atoms with van der Waals surface area (Å²) in [5.41, 5.74) is 4.90. The van der Waals surface area contributed by atoms with Crippen molar-refractivity contribution in [2.24, 2.45) is 0 Å². The molecule has 1 N–H and O–H groups in total. The van der Waals surface area contributed by atoms with Gasteiger partial charge in [-0.05, 0) is 46.4 Å². The highest BCUT2D eigenvalue weighted by Gasteiger charge is 2.15. The SMILES string of the molecule is CC(C)(C)c1ccc(-c2cccc(C(=O)Nc3ccc(OCCN4CCOCC4)c4ccccc34)c2)cc1. The number of morpholine rings is 1. The van der Waals surface area contributed by atoms with E-state index in [2.05, 4.69) is 55.3 Å². The highest BCUT2D eigenvalue weighted by Crippen LogP contribution is 2.32. The molecule has 196 valence electrons. The second-order valence-electron chi connectivity index (χ2n) is 10.8. The predicted octanol–water partition coefficient (Wildman–Crippen LogP) is 6.77. The van der Waals surface area contributed by atoms with Crippen LogP contribution in [0.15, 0.2) is 84.9 Å². The van der Waals surface area contributed by atoms with E-state index >= 15 is 0 Å². The van der Waals surface area contributed by atoms with Crippen LogP contribution in [0.1, 0.15) is 36.7 Å². The van der Waals surface area contributed by atoms with Gasteiger partial charge < -0.3 is 14.8 Å². The van der Waals surface area contributed by atoms with Crippen LogP contribution in [0.25, 0.3) is 21.9 Å². The molecule has 0 radical (unpaired) electrons. The van der Waals surface area contributed by atoms with Crippen LogP contribution >= 0.6 is 0 Å². The molecule has 0 unspecified atom stereocenters. The maximum absolute atomic E-state index is 13.3. The van der Waals surface area contributed by atoms with Crippen LogP contribution in [0.3, 0.4) is 0 Å². The van der Waals surface area contributed by atoms with Crippen LogP contribution < -0.4 is 10.1 Å². The minimum atomic E-state index is -0.135. The van der Waals surface area contributed by atoms with Crippen molar-refractivity contribution < 1.29 is 14.3 Å². The minimum Gasteiger partial charge on any atom is -0.492 e. The number of rotatable bonds is 7. The highest BCUT2D eigenvalue weighted by atomic mass is 16.5. The normalized spacial score (nSPS) is 14.4. The van der Waals surface area contributed by atoms with Crippen molar-refractivity contribution in [2.45, 2.75) is 26.2 Å². The molecule has 5 rings (SSSR count). The van der Waals surface area contributed by atoms with Crippen LogP contribution in [-0.4, -0.2) is 50.3 Å². The molecule has 0 spiro atoms. The summed E-state index contributed by atoms with van der Waals surface area (Å²) in [5, 5.41) is 5.07. The molecule has 0 atom stereocenters. The molecule has 1 fully saturated rings. The number of hydrogen-bond donors (Lipinski definition) is 1. The fourth-order valence-corrected chi connectivity index (χ4v) is 4.81. The quantitative estimate of drug-likeness (QED) is 0.299. The Balaban J connectivity index is 1.31. The van der Waals surface area contributed by atoms with Gasteiger partial charge in [-0.1, -0.05) is 81.4 Å². The lowest BCUT2D eigenvalue weighted by molar-refractivity contribution is 0.0323. The Morgan fingerprint density at radius 2 is 1.61 bits per heavy atom. The summed E-state index contributed by atoms with van der Waals surface area (Å²) in [6.07, 6.45) is 0. The molecule has 5 heteroatoms. The van der Waals surface area contributed by atoms with Crippen molar-refractivity contribution in [3.05, 3.63) is 96.1 Å². The molecule has 0 saturated carbocycles. The molecule has 38 heavy (non-hydrogen) atoms. The van der Waals surface area contributed by atoms with Crippen molar-refractivity contribution in [3.63, 3.8) is 0 Å². The standard InChI is InChI=1S/C33H36N2O3/c1-33(2,3)27-13-11-24(12-14-27)25-7-6-8-26(23-25)32(36)34-30-15-16-31(29-10-5-4-9-28(29)30)38-22-19-35-17-20-37-21-18-35/h4-16,23H,17-22H2,1-3H3,(H,34,36). The largest absolute Gasteiger partial charge is 0.492 e. The Labute approximate surface area is 225 Å². The zero-order valence-electron chi connectivity index (χ0n) is 22.5. The first-order valence-electron chi connectivity index (χ1n) is 13.4. The molecule has 1 aliphatic heterocycles. The van der Waals surface area contributed by atoms with Crippen LogP contribution in [0.5, 0.6) is 5.75 Å². The molecule has 5 nitrogen and oxygen atoms in total. The Morgan fingerprint density at radius 3 is 2.34 bits per heavy atom. The molecule has 0 aromatic heterocycles. The molecule has 1 saturated heterocycles. The topological polar surface area (TPSA) is 50.8 Å². The van der Waals surface area contributed by atoms with E-state index < -0.39 is 0 Å². The third kappa shape index (κ3) is 6.07. The maximum atomic E-state index is 13.3. The van der Waals surface area contributed by atoms with Crippen molar-refractivity contribution in [3.8, 4) is 16.9 Å². The fourth-order valence-electron chi connectivity index (χ4n) is 4.81. The van der Waals surface area contributed by atoms with Gasteiger partial charge in [0.1, 0.15) is 12.4 Å². The van der Waals surface area contributed by atoms with Crippen LogP contribution in [-0.2, 0) is 10.2 Å². The number of nitrogens with one attached hydrogen (secondary N) is 1. The molecular formula is C33H36N2O3. The monoisotopic (exact) mass is 508 g/mol. The third-order valence-corrected chi connectivity index (χ3v) is 7.11.